The largest absolute Gasteiger partial charge is 0.394 e. The Balaban J connectivity index is 1.93. The topological polar surface area (TPSA) is 40.5 Å². The molecule has 0 aromatic heterocycles. The fraction of sp³-hybridized carbons (Fsp3) is 0.462. The number of amides is 1. The predicted molar refractivity (Wildman–Crippen MR) is 68.9 cm³/mol. The third kappa shape index (κ3) is 3.45. The number of rotatable bonds is 4. The molecule has 1 amide bonds. The second-order valence-corrected chi connectivity index (χ2v) is 5.45. The highest BCUT2D eigenvalue weighted by Crippen LogP contribution is 2.24. The van der Waals surface area contributed by atoms with E-state index in [0.717, 1.165) is 30.7 Å². The van der Waals surface area contributed by atoms with Gasteiger partial charge in [0, 0.05) is 17.5 Å². The molecule has 104 valence electrons. The maximum atomic E-state index is 13.4. The Morgan fingerprint density at radius 1 is 1.47 bits per heavy atom. The highest BCUT2D eigenvalue weighted by Gasteiger charge is 2.27. The summed E-state index contributed by atoms with van der Waals surface area (Å²) in [7, 11) is 0. The van der Waals surface area contributed by atoms with Gasteiger partial charge in [-0.15, -0.1) is 11.8 Å². The molecule has 1 aliphatic rings. The van der Waals surface area contributed by atoms with Crippen molar-refractivity contribution >= 4 is 17.7 Å². The Labute approximate surface area is 114 Å². The van der Waals surface area contributed by atoms with Crippen molar-refractivity contribution in [2.75, 3.05) is 18.9 Å². The van der Waals surface area contributed by atoms with E-state index >= 15 is 0 Å². The lowest BCUT2D eigenvalue weighted by molar-refractivity contribution is -0.129. The van der Waals surface area contributed by atoms with E-state index in [1.165, 1.54) is 12.1 Å². The van der Waals surface area contributed by atoms with Crippen LogP contribution in [0, 0.1) is 11.6 Å². The number of hydrogen-bond donors (Lipinski definition) is 1. The smallest absolute Gasteiger partial charge is 0.233 e. The van der Waals surface area contributed by atoms with Crippen LogP contribution in [-0.2, 0) is 4.79 Å². The predicted octanol–water partition coefficient (Wildman–Crippen LogP) is 2.04. The summed E-state index contributed by atoms with van der Waals surface area (Å²) in [4.78, 5) is 13.9. The van der Waals surface area contributed by atoms with Gasteiger partial charge in [-0.3, -0.25) is 4.79 Å². The molecule has 19 heavy (non-hydrogen) atoms. The van der Waals surface area contributed by atoms with E-state index in [4.69, 9.17) is 5.11 Å². The van der Waals surface area contributed by atoms with Gasteiger partial charge in [-0.05, 0) is 25.0 Å². The zero-order chi connectivity index (χ0) is 13.8. The molecule has 0 spiro atoms. The number of benzene rings is 1. The summed E-state index contributed by atoms with van der Waals surface area (Å²) in [5.41, 5.74) is 0. The second-order valence-electron chi connectivity index (χ2n) is 4.43. The number of likely N-dealkylation sites (tertiary alicyclic amines) is 1. The number of halogens is 2. The first-order chi connectivity index (χ1) is 9.11. The Morgan fingerprint density at radius 2 is 2.26 bits per heavy atom. The molecule has 1 fully saturated rings. The van der Waals surface area contributed by atoms with Crippen LogP contribution in [0.5, 0.6) is 0 Å². The number of carbonyl (C=O) groups excluding carboxylic acids is 1. The first-order valence-corrected chi connectivity index (χ1v) is 7.08. The number of carbonyl (C=O) groups is 1. The van der Waals surface area contributed by atoms with Crippen molar-refractivity contribution in [3.8, 4) is 0 Å². The van der Waals surface area contributed by atoms with Gasteiger partial charge in [0.15, 0.2) is 0 Å². The summed E-state index contributed by atoms with van der Waals surface area (Å²) in [6, 6.07) is 3.18. The molecule has 2 rings (SSSR count). The molecule has 1 aromatic carbocycles. The fourth-order valence-electron chi connectivity index (χ4n) is 2.17. The van der Waals surface area contributed by atoms with Gasteiger partial charge in [0.1, 0.15) is 11.6 Å². The molecular weight excluding hydrogens is 272 g/mol. The first kappa shape index (κ1) is 14.3. The molecule has 0 bridgehead atoms. The van der Waals surface area contributed by atoms with E-state index in [0.29, 0.717) is 6.54 Å². The molecule has 1 saturated heterocycles. The molecule has 1 heterocycles. The standard InChI is InChI=1S/C13H15F2NO2S/c14-9-3-4-12(11(15)6-9)19-8-13(18)16-5-1-2-10(16)7-17/h3-4,6,10,17H,1-2,5,7-8H2/t10-/m1/s1. The van der Waals surface area contributed by atoms with Gasteiger partial charge in [0.2, 0.25) is 5.91 Å². The van der Waals surface area contributed by atoms with E-state index in [2.05, 4.69) is 0 Å². The lowest BCUT2D eigenvalue weighted by Crippen LogP contribution is -2.38. The van der Waals surface area contributed by atoms with Crippen molar-refractivity contribution < 1.29 is 18.7 Å². The Kier molecular flexibility index (Phi) is 4.76. The van der Waals surface area contributed by atoms with Crippen LogP contribution in [0.4, 0.5) is 8.78 Å². The van der Waals surface area contributed by atoms with Gasteiger partial charge >= 0.3 is 0 Å². The highest BCUT2D eigenvalue weighted by molar-refractivity contribution is 8.00. The van der Waals surface area contributed by atoms with Gasteiger partial charge in [0.25, 0.3) is 0 Å². The average molecular weight is 287 g/mol. The Hall–Kier alpha value is -1.14. The zero-order valence-corrected chi connectivity index (χ0v) is 11.1. The first-order valence-electron chi connectivity index (χ1n) is 6.10. The van der Waals surface area contributed by atoms with E-state index in [9.17, 15) is 13.6 Å². The van der Waals surface area contributed by atoms with Gasteiger partial charge < -0.3 is 10.0 Å². The average Bonchev–Trinajstić information content (AvgIpc) is 2.85. The number of nitrogens with zero attached hydrogens (tertiary/aromatic N) is 1. The zero-order valence-electron chi connectivity index (χ0n) is 10.3. The fourth-order valence-corrected chi connectivity index (χ4v) is 2.97. The van der Waals surface area contributed by atoms with Crippen LogP contribution in [0.3, 0.4) is 0 Å². The van der Waals surface area contributed by atoms with Crippen molar-refractivity contribution in [1.29, 1.82) is 0 Å². The summed E-state index contributed by atoms with van der Waals surface area (Å²) in [6.45, 7) is 0.595. The Morgan fingerprint density at radius 3 is 2.95 bits per heavy atom. The SMILES string of the molecule is O=C(CSc1ccc(F)cc1F)N1CCC[C@@H]1CO. The van der Waals surface area contributed by atoms with Crippen LogP contribution < -0.4 is 0 Å². The number of aliphatic hydroxyl groups is 1. The lowest BCUT2D eigenvalue weighted by atomic mass is 10.2. The summed E-state index contributed by atoms with van der Waals surface area (Å²) >= 11 is 1.05. The molecule has 3 nitrogen and oxygen atoms in total. The van der Waals surface area contributed by atoms with Crippen LogP contribution >= 0.6 is 11.8 Å². The molecule has 0 aliphatic carbocycles. The molecule has 0 radical (unpaired) electrons. The quantitative estimate of drug-likeness (QED) is 0.862. The molecule has 0 saturated carbocycles. The van der Waals surface area contributed by atoms with Crippen molar-refractivity contribution in [3.05, 3.63) is 29.8 Å². The lowest BCUT2D eigenvalue weighted by Gasteiger charge is -2.22. The van der Waals surface area contributed by atoms with Crippen LogP contribution in [0.25, 0.3) is 0 Å². The van der Waals surface area contributed by atoms with Crippen LogP contribution in [0.1, 0.15) is 12.8 Å². The van der Waals surface area contributed by atoms with E-state index in [1.807, 2.05) is 0 Å². The van der Waals surface area contributed by atoms with E-state index in [1.54, 1.807) is 4.90 Å². The van der Waals surface area contributed by atoms with E-state index < -0.39 is 11.6 Å². The summed E-state index contributed by atoms with van der Waals surface area (Å²) in [5, 5.41) is 9.14. The third-order valence-electron chi connectivity index (χ3n) is 3.15. The monoisotopic (exact) mass is 287 g/mol. The highest BCUT2D eigenvalue weighted by atomic mass is 32.2. The molecular formula is C13H15F2NO2S. The number of hydrogen-bond acceptors (Lipinski definition) is 3. The van der Waals surface area contributed by atoms with Crippen molar-refractivity contribution in [2.45, 2.75) is 23.8 Å². The number of thioether (sulfide) groups is 1. The molecule has 0 unspecified atom stereocenters. The summed E-state index contributed by atoms with van der Waals surface area (Å²) < 4.78 is 26.1. The summed E-state index contributed by atoms with van der Waals surface area (Å²) in [6.07, 6.45) is 1.68. The maximum absolute atomic E-state index is 13.4. The van der Waals surface area contributed by atoms with Gasteiger partial charge in [-0.1, -0.05) is 0 Å². The minimum atomic E-state index is -0.655. The molecule has 1 aliphatic heterocycles. The van der Waals surface area contributed by atoms with Crippen LogP contribution in [-0.4, -0.2) is 40.9 Å². The molecule has 6 heteroatoms. The Bertz CT molecular complexity index is 470. The normalized spacial score (nSPS) is 18.9. The summed E-state index contributed by atoms with van der Waals surface area (Å²) in [5.74, 6) is -1.31. The maximum Gasteiger partial charge on any atom is 0.233 e. The molecule has 1 N–H and O–H groups in total. The second kappa shape index (κ2) is 6.34. The van der Waals surface area contributed by atoms with Crippen molar-refractivity contribution in [1.82, 2.24) is 4.90 Å². The van der Waals surface area contributed by atoms with Gasteiger partial charge in [0.05, 0.1) is 18.4 Å². The van der Waals surface area contributed by atoms with Crippen LogP contribution in [0.2, 0.25) is 0 Å². The van der Waals surface area contributed by atoms with Gasteiger partial charge in [-0.2, -0.15) is 0 Å². The van der Waals surface area contributed by atoms with Crippen LogP contribution in [0.15, 0.2) is 23.1 Å². The third-order valence-corrected chi connectivity index (χ3v) is 4.19. The molecule has 1 aromatic rings. The van der Waals surface area contributed by atoms with Gasteiger partial charge in [-0.25, -0.2) is 8.78 Å². The number of aliphatic hydroxyl groups excluding tert-OH is 1. The van der Waals surface area contributed by atoms with Crippen molar-refractivity contribution in [2.24, 2.45) is 0 Å². The van der Waals surface area contributed by atoms with E-state index in [-0.39, 0.29) is 29.2 Å². The minimum absolute atomic E-state index is 0.0404. The molecule has 1 atom stereocenters. The van der Waals surface area contributed by atoms with Crippen molar-refractivity contribution in [3.63, 3.8) is 0 Å². The minimum Gasteiger partial charge on any atom is -0.394 e.